The van der Waals surface area contributed by atoms with Gasteiger partial charge in [-0.05, 0) is 55.9 Å². The second kappa shape index (κ2) is 9.94. The van der Waals surface area contributed by atoms with Crippen LogP contribution in [0.5, 0.6) is 11.5 Å². The zero-order chi connectivity index (χ0) is 14.8. The molecule has 2 N–H and O–H groups in total. The number of benzene rings is 1. The highest BCUT2D eigenvalue weighted by Crippen LogP contribution is 2.29. The molecule has 1 atom stereocenters. The van der Waals surface area contributed by atoms with Gasteiger partial charge in [0.1, 0.15) is 0 Å². The van der Waals surface area contributed by atoms with Crippen molar-refractivity contribution in [3.05, 3.63) is 23.8 Å². The number of ether oxygens (including phenoxy) is 2. The molecule has 20 heavy (non-hydrogen) atoms. The summed E-state index contributed by atoms with van der Waals surface area (Å²) in [6.07, 6.45) is 5.02. The van der Waals surface area contributed by atoms with E-state index in [2.05, 4.69) is 25.3 Å². The lowest BCUT2D eigenvalue weighted by atomic mass is 10.0. The zero-order valence-electron chi connectivity index (χ0n) is 12.9. The molecule has 1 aromatic rings. The van der Waals surface area contributed by atoms with Crippen LogP contribution in [0.3, 0.4) is 0 Å². The van der Waals surface area contributed by atoms with E-state index in [9.17, 15) is 0 Å². The number of hydrogen-bond donors (Lipinski definition) is 1. The number of thioether (sulfide) groups is 1. The molecule has 0 aliphatic rings. The summed E-state index contributed by atoms with van der Waals surface area (Å²) in [5, 5.41) is 0. The molecular formula is C16H27NO2S. The van der Waals surface area contributed by atoms with E-state index < -0.39 is 0 Å². The van der Waals surface area contributed by atoms with E-state index in [-0.39, 0.29) is 6.04 Å². The number of hydrogen-bond acceptors (Lipinski definition) is 4. The molecule has 0 amide bonds. The van der Waals surface area contributed by atoms with E-state index >= 15 is 0 Å². The third kappa shape index (κ3) is 6.06. The van der Waals surface area contributed by atoms with E-state index in [4.69, 9.17) is 15.2 Å². The molecule has 0 saturated heterocycles. The van der Waals surface area contributed by atoms with Crippen molar-refractivity contribution in [2.75, 3.05) is 25.2 Å². The Morgan fingerprint density at radius 2 is 2.00 bits per heavy atom. The average Bonchev–Trinajstić information content (AvgIpc) is 2.45. The van der Waals surface area contributed by atoms with Crippen LogP contribution in [0.25, 0.3) is 0 Å². The molecule has 1 unspecified atom stereocenters. The minimum absolute atomic E-state index is 0.206. The predicted octanol–water partition coefficient (Wildman–Crippen LogP) is 3.50. The highest BCUT2D eigenvalue weighted by atomic mass is 32.2. The first kappa shape index (κ1) is 17.2. The van der Waals surface area contributed by atoms with Crippen molar-refractivity contribution in [3.8, 4) is 11.5 Å². The van der Waals surface area contributed by atoms with Crippen LogP contribution in [-0.2, 0) is 6.42 Å². The fraction of sp³-hybridized carbons (Fsp3) is 0.625. The van der Waals surface area contributed by atoms with Crippen LogP contribution in [0.2, 0.25) is 0 Å². The normalized spacial score (nSPS) is 12.2. The van der Waals surface area contributed by atoms with Crippen LogP contribution in [0.15, 0.2) is 18.2 Å². The maximum Gasteiger partial charge on any atom is 0.161 e. The molecule has 0 aliphatic heterocycles. The molecule has 0 saturated carbocycles. The molecule has 3 nitrogen and oxygen atoms in total. The van der Waals surface area contributed by atoms with E-state index in [1.54, 1.807) is 0 Å². The standard InChI is InChI=1S/C16H27NO2S/c1-4-14(17)11-13-7-8-15(16(12-13)18-5-2)19-9-6-10-20-3/h7-8,12,14H,4-6,9-11,17H2,1-3H3. The molecule has 0 spiro atoms. The van der Waals surface area contributed by atoms with Gasteiger partial charge in [-0.3, -0.25) is 0 Å². The first-order chi connectivity index (χ1) is 9.71. The van der Waals surface area contributed by atoms with Crippen LogP contribution < -0.4 is 15.2 Å². The summed E-state index contributed by atoms with van der Waals surface area (Å²) >= 11 is 1.84. The van der Waals surface area contributed by atoms with Crippen molar-refractivity contribution >= 4 is 11.8 Å². The highest BCUT2D eigenvalue weighted by Gasteiger charge is 2.08. The molecule has 1 rings (SSSR count). The molecular weight excluding hydrogens is 270 g/mol. The molecule has 0 bridgehead atoms. The van der Waals surface area contributed by atoms with Gasteiger partial charge < -0.3 is 15.2 Å². The van der Waals surface area contributed by atoms with Gasteiger partial charge in [0.05, 0.1) is 13.2 Å². The Morgan fingerprint density at radius 1 is 1.20 bits per heavy atom. The van der Waals surface area contributed by atoms with Crippen LogP contribution in [0.4, 0.5) is 0 Å². The minimum Gasteiger partial charge on any atom is -0.490 e. The van der Waals surface area contributed by atoms with Crippen LogP contribution in [0, 0.1) is 0 Å². The molecule has 114 valence electrons. The lowest BCUT2D eigenvalue weighted by Crippen LogP contribution is -2.21. The average molecular weight is 297 g/mol. The minimum atomic E-state index is 0.206. The number of nitrogens with two attached hydrogens (primary N) is 1. The van der Waals surface area contributed by atoms with Crippen molar-refractivity contribution in [1.82, 2.24) is 0 Å². The Labute approximate surface area is 127 Å². The van der Waals surface area contributed by atoms with Gasteiger partial charge in [-0.25, -0.2) is 0 Å². The summed E-state index contributed by atoms with van der Waals surface area (Å²) in [5.41, 5.74) is 7.21. The van der Waals surface area contributed by atoms with E-state index in [0.29, 0.717) is 6.61 Å². The largest absolute Gasteiger partial charge is 0.490 e. The summed E-state index contributed by atoms with van der Waals surface area (Å²) in [6, 6.07) is 6.35. The summed E-state index contributed by atoms with van der Waals surface area (Å²) in [6.45, 7) is 5.47. The molecule has 1 aromatic carbocycles. The SMILES string of the molecule is CCOc1cc(CC(N)CC)ccc1OCCCSC. The Kier molecular flexibility index (Phi) is 8.54. The first-order valence-corrected chi connectivity index (χ1v) is 8.73. The van der Waals surface area contributed by atoms with Gasteiger partial charge >= 0.3 is 0 Å². The molecule has 0 fully saturated rings. The van der Waals surface area contributed by atoms with Gasteiger partial charge in [-0.1, -0.05) is 13.0 Å². The van der Waals surface area contributed by atoms with Crippen molar-refractivity contribution < 1.29 is 9.47 Å². The quantitative estimate of drug-likeness (QED) is 0.671. The van der Waals surface area contributed by atoms with Crippen LogP contribution in [-0.4, -0.2) is 31.3 Å². The molecule has 4 heteroatoms. The molecule has 0 aliphatic carbocycles. The first-order valence-electron chi connectivity index (χ1n) is 7.34. The van der Waals surface area contributed by atoms with Crippen molar-refractivity contribution in [3.63, 3.8) is 0 Å². The maximum absolute atomic E-state index is 6.01. The monoisotopic (exact) mass is 297 g/mol. The zero-order valence-corrected chi connectivity index (χ0v) is 13.7. The van der Waals surface area contributed by atoms with Gasteiger partial charge in [0.2, 0.25) is 0 Å². The van der Waals surface area contributed by atoms with Crippen molar-refractivity contribution in [2.45, 2.75) is 39.2 Å². The summed E-state index contributed by atoms with van der Waals surface area (Å²) in [7, 11) is 0. The Bertz CT molecular complexity index is 385. The van der Waals surface area contributed by atoms with Gasteiger partial charge in [0, 0.05) is 6.04 Å². The lowest BCUT2D eigenvalue weighted by molar-refractivity contribution is 0.277. The van der Waals surface area contributed by atoms with Crippen LogP contribution >= 0.6 is 11.8 Å². The van der Waals surface area contributed by atoms with Crippen molar-refractivity contribution in [1.29, 1.82) is 0 Å². The fourth-order valence-electron chi connectivity index (χ4n) is 1.90. The molecule has 0 heterocycles. The Hall–Kier alpha value is -0.870. The lowest BCUT2D eigenvalue weighted by Gasteiger charge is -2.15. The van der Waals surface area contributed by atoms with E-state index in [0.717, 1.165) is 43.1 Å². The van der Waals surface area contributed by atoms with Gasteiger partial charge in [-0.2, -0.15) is 11.8 Å². The number of rotatable bonds is 10. The Balaban J connectivity index is 2.68. The smallest absolute Gasteiger partial charge is 0.161 e. The molecule has 0 radical (unpaired) electrons. The van der Waals surface area contributed by atoms with Gasteiger partial charge in [0.25, 0.3) is 0 Å². The Morgan fingerprint density at radius 3 is 2.65 bits per heavy atom. The van der Waals surface area contributed by atoms with E-state index in [1.165, 1.54) is 5.56 Å². The summed E-state index contributed by atoms with van der Waals surface area (Å²) < 4.78 is 11.5. The third-order valence-electron chi connectivity index (χ3n) is 3.08. The van der Waals surface area contributed by atoms with Gasteiger partial charge in [-0.15, -0.1) is 0 Å². The highest BCUT2D eigenvalue weighted by molar-refractivity contribution is 7.98. The second-order valence-electron chi connectivity index (χ2n) is 4.78. The maximum atomic E-state index is 6.01. The van der Waals surface area contributed by atoms with Crippen LogP contribution in [0.1, 0.15) is 32.3 Å². The molecule has 0 aromatic heterocycles. The third-order valence-corrected chi connectivity index (χ3v) is 3.78. The fourth-order valence-corrected chi connectivity index (χ4v) is 2.31. The summed E-state index contributed by atoms with van der Waals surface area (Å²) in [5.74, 6) is 2.78. The van der Waals surface area contributed by atoms with Crippen molar-refractivity contribution in [2.24, 2.45) is 5.73 Å². The summed E-state index contributed by atoms with van der Waals surface area (Å²) in [4.78, 5) is 0. The predicted molar refractivity (Wildman–Crippen MR) is 88.1 cm³/mol. The second-order valence-corrected chi connectivity index (χ2v) is 5.77. The van der Waals surface area contributed by atoms with Gasteiger partial charge in [0.15, 0.2) is 11.5 Å². The van der Waals surface area contributed by atoms with E-state index in [1.807, 2.05) is 24.8 Å². The topological polar surface area (TPSA) is 44.5 Å².